The van der Waals surface area contributed by atoms with E-state index < -0.39 is 5.63 Å². The van der Waals surface area contributed by atoms with Crippen LogP contribution >= 0.6 is 0 Å². The van der Waals surface area contributed by atoms with Crippen LogP contribution in [0.1, 0.15) is 17.2 Å². The maximum absolute atomic E-state index is 11.2. The second kappa shape index (κ2) is 4.94. The van der Waals surface area contributed by atoms with Gasteiger partial charge in [-0.1, -0.05) is 65.3 Å². The highest BCUT2D eigenvalue weighted by Gasteiger charge is 2.25. The normalized spacial score (nSPS) is 10.8. The fourth-order valence-electron chi connectivity index (χ4n) is 2.18. The molecule has 0 aliphatic carbocycles. The minimum atomic E-state index is -0.392. The molecule has 0 amide bonds. The third-order valence-electron chi connectivity index (χ3n) is 3.00. The minimum absolute atomic E-state index is 0.103. The zero-order chi connectivity index (χ0) is 13.1. The van der Waals surface area contributed by atoms with Crippen molar-refractivity contribution in [1.82, 2.24) is 5.27 Å². The van der Waals surface area contributed by atoms with Gasteiger partial charge < -0.3 is 0 Å². The Hall–Kier alpha value is -2.62. The molecular weight excluding hydrogens is 240 g/mol. The molecule has 1 N–H and O–H groups in total. The van der Waals surface area contributed by atoms with E-state index in [1.165, 1.54) is 6.20 Å². The van der Waals surface area contributed by atoms with Gasteiger partial charge in [0.05, 0.1) is 0 Å². The summed E-state index contributed by atoms with van der Waals surface area (Å²) in [7, 11) is 0. The number of aromatic nitrogens is 2. The number of nitrogens with zero attached hydrogens (tertiary/aromatic N) is 1. The Labute approximate surface area is 109 Å². The van der Waals surface area contributed by atoms with Crippen molar-refractivity contribution >= 4 is 0 Å². The third kappa shape index (κ3) is 2.33. The fourth-order valence-corrected chi connectivity index (χ4v) is 2.18. The summed E-state index contributed by atoms with van der Waals surface area (Å²) in [5.41, 5.74) is 1.77. The predicted octanol–water partition coefficient (Wildman–Crippen LogP) is 1.89. The van der Waals surface area contributed by atoms with Crippen molar-refractivity contribution in [3.8, 4) is 0 Å². The van der Waals surface area contributed by atoms with Crippen LogP contribution in [0.15, 0.2) is 76.2 Å². The summed E-state index contributed by atoms with van der Waals surface area (Å²) in [6.07, 6.45) is 1.42. The topological polar surface area (TPSA) is 49.9 Å². The van der Waals surface area contributed by atoms with Crippen LogP contribution in [0.2, 0.25) is 0 Å². The molecule has 0 radical (unpaired) electrons. The van der Waals surface area contributed by atoms with E-state index in [9.17, 15) is 4.79 Å². The summed E-state index contributed by atoms with van der Waals surface area (Å²) in [4.78, 5) is 11.2. The molecule has 1 aromatic heterocycles. The molecule has 2 aromatic carbocycles. The SMILES string of the molecule is O=c1c[n+](C(c2ccccc2)c2ccccc2)[nH]o1. The highest BCUT2D eigenvalue weighted by Crippen LogP contribution is 2.20. The van der Waals surface area contributed by atoms with Gasteiger partial charge >= 0.3 is 5.63 Å². The van der Waals surface area contributed by atoms with Crippen molar-refractivity contribution in [3.63, 3.8) is 0 Å². The monoisotopic (exact) mass is 253 g/mol. The zero-order valence-corrected chi connectivity index (χ0v) is 10.2. The predicted molar refractivity (Wildman–Crippen MR) is 69.6 cm³/mol. The highest BCUT2D eigenvalue weighted by atomic mass is 16.5. The average molecular weight is 253 g/mol. The van der Waals surface area contributed by atoms with Gasteiger partial charge in [0.1, 0.15) is 0 Å². The van der Waals surface area contributed by atoms with Crippen LogP contribution in [0.4, 0.5) is 0 Å². The van der Waals surface area contributed by atoms with Gasteiger partial charge in [-0.3, -0.25) is 4.52 Å². The summed E-state index contributed by atoms with van der Waals surface area (Å²) in [5.74, 6) is 0. The molecule has 0 unspecified atom stereocenters. The number of H-pyrrole nitrogens is 1. The van der Waals surface area contributed by atoms with Crippen molar-refractivity contribution in [3.05, 3.63) is 88.4 Å². The number of benzene rings is 2. The molecule has 0 atom stereocenters. The first-order valence-electron chi connectivity index (χ1n) is 6.04. The van der Waals surface area contributed by atoms with E-state index >= 15 is 0 Å². The molecule has 3 aromatic rings. The first-order valence-corrected chi connectivity index (χ1v) is 6.04. The van der Waals surface area contributed by atoms with E-state index in [0.29, 0.717) is 0 Å². The van der Waals surface area contributed by atoms with E-state index in [0.717, 1.165) is 11.1 Å². The van der Waals surface area contributed by atoms with Gasteiger partial charge in [-0.05, 0) is 5.27 Å². The lowest BCUT2D eigenvalue weighted by atomic mass is 9.99. The van der Waals surface area contributed by atoms with E-state index in [2.05, 4.69) is 5.27 Å². The number of hydrogen-bond donors (Lipinski definition) is 1. The third-order valence-corrected chi connectivity index (χ3v) is 3.00. The van der Waals surface area contributed by atoms with Crippen molar-refractivity contribution in [2.75, 3.05) is 0 Å². The smallest absolute Gasteiger partial charge is 0.284 e. The van der Waals surface area contributed by atoms with Gasteiger partial charge in [-0.2, -0.15) is 0 Å². The minimum Gasteiger partial charge on any atom is -0.284 e. The summed E-state index contributed by atoms with van der Waals surface area (Å²) in [6, 6.07) is 19.8. The highest BCUT2D eigenvalue weighted by molar-refractivity contribution is 5.29. The van der Waals surface area contributed by atoms with E-state index in [-0.39, 0.29) is 6.04 Å². The Morgan fingerprint density at radius 3 is 1.84 bits per heavy atom. The Bertz CT molecular complexity index is 662. The van der Waals surface area contributed by atoms with Crippen molar-refractivity contribution < 1.29 is 9.20 Å². The van der Waals surface area contributed by atoms with Crippen LogP contribution in [0.3, 0.4) is 0 Å². The van der Waals surface area contributed by atoms with Crippen LogP contribution in [0.25, 0.3) is 0 Å². The quantitative estimate of drug-likeness (QED) is 0.725. The summed E-state index contributed by atoms with van der Waals surface area (Å²) in [5, 5.41) is 2.63. The van der Waals surface area contributed by atoms with Crippen LogP contribution < -0.4 is 10.3 Å². The Balaban J connectivity index is 2.14. The first-order chi connectivity index (χ1) is 9.34. The molecule has 0 spiro atoms. The van der Waals surface area contributed by atoms with Crippen molar-refractivity contribution in [1.29, 1.82) is 0 Å². The number of nitrogens with one attached hydrogen (secondary N) is 1. The van der Waals surface area contributed by atoms with E-state index in [4.69, 9.17) is 4.52 Å². The summed E-state index contributed by atoms with van der Waals surface area (Å²) < 4.78 is 6.44. The van der Waals surface area contributed by atoms with Crippen molar-refractivity contribution in [2.24, 2.45) is 0 Å². The van der Waals surface area contributed by atoms with Gasteiger partial charge in [0.25, 0.3) is 6.20 Å². The number of hydrogen-bond acceptors (Lipinski definition) is 2. The molecule has 0 fully saturated rings. The second-order valence-corrected chi connectivity index (χ2v) is 4.27. The standard InChI is InChI=1S/C15H12N2O2/c18-14-11-17(16-19-14)15(12-7-3-1-4-8-12)13-9-5-2-6-10-13/h1-11,15H/p+1. The molecule has 0 bridgehead atoms. The lowest BCUT2D eigenvalue weighted by Gasteiger charge is -2.09. The summed E-state index contributed by atoms with van der Waals surface area (Å²) >= 11 is 0. The molecule has 0 saturated carbocycles. The molecule has 1 heterocycles. The van der Waals surface area contributed by atoms with Crippen LogP contribution in [-0.2, 0) is 0 Å². The number of rotatable bonds is 3. The van der Waals surface area contributed by atoms with Crippen LogP contribution in [0, 0.1) is 0 Å². The molecule has 4 nitrogen and oxygen atoms in total. The zero-order valence-electron chi connectivity index (χ0n) is 10.2. The molecule has 0 saturated heterocycles. The van der Waals surface area contributed by atoms with Crippen molar-refractivity contribution in [2.45, 2.75) is 6.04 Å². The number of aromatic amines is 1. The Morgan fingerprint density at radius 2 is 1.42 bits per heavy atom. The second-order valence-electron chi connectivity index (χ2n) is 4.27. The largest absolute Gasteiger partial charge is 0.426 e. The van der Waals surface area contributed by atoms with E-state index in [1.807, 2.05) is 60.7 Å². The first kappa shape index (κ1) is 11.5. The van der Waals surface area contributed by atoms with Gasteiger partial charge in [0.2, 0.25) is 6.04 Å². The molecule has 94 valence electrons. The van der Waals surface area contributed by atoms with Crippen LogP contribution in [0.5, 0.6) is 0 Å². The maximum atomic E-state index is 11.2. The van der Waals surface area contributed by atoms with Gasteiger partial charge in [-0.25, -0.2) is 4.79 Å². The van der Waals surface area contributed by atoms with Gasteiger partial charge in [0, 0.05) is 11.1 Å². The molecule has 0 aliphatic heterocycles. The van der Waals surface area contributed by atoms with E-state index in [1.54, 1.807) is 4.68 Å². The maximum Gasteiger partial charge on any atom is 0.426 e. The molecule has 3 rings (SSSR count). The molecule has 4 heteroatoms. The molecular formula is C15H13N2O2+. The molecule has 0 aliphatic rings. The average Bonchev–Trinajstić information content (AvgIpc) is 2.88. The molecule has 19 heavy (non-hydrogen) atoms. The lowest BCUT2D eigenvalue weighted by Crippen LogP contribution is -2.42. The summed E-state index contributed by atoms with van der Waals surface area (Å²) in [6.45, 7) is 0. The van der Waals surface area contributed by atoms with Crippen LogP contribution in [-0.4, -0.2) is 5.27 Å². The Morgan fingerprint density at radius 1 is 0.895 bits per heavy atom. The Kier molecular flexibility index (Phi) is 2.98. The van der Waals surface area contributed by atoms with Gasteiger partial charge in [-0.15, -0.1) is 0 Å². The fraction of sp³-hybridized carbons (Fsp3) is 0.0667. The van der Waals surface area contributed by atoms with Gasteiger partial charge in [0.15, 0.2) is 0 Å². The lowest BCUT2D eigenvalue weighted by molar-refractivity contribution is -0.769.